The minimum absolute atomic E-state index is 0.00809. The molecule has 1 aromatic heterocycles. The van der Waals surface area contributed by atoms with Crippen LogP contribution in [0.3, 0.4) is 0 Å². The number of hydrogen-bond donors (Lipinski definition) is 4. The Labute approximate surface area is 121 Å². The lowest BCUT2D eigenvalue weighted by molar-refractivity contribution is -0.142. The number of aromatic nitrogens is 1. The summed E-state index contributed by atoms with van der Waals surface area (Å²) in [7, 11) is 0. The van der Waals surface area contributed by atoms with Crippen LogP contribution >= 0.6 is 0 Å². The summed E-state index contributed by atoms with van der Waals surface area (Å²) >= 11 is 0. The average molecular weight is 290 g/mol. The average Bonchev–Trinajstić information content (AvgIpc) is 2.88. The van der Waals surface area contributed by atoms with E-state index in [2.05, 4.69) is 10.3 Å². The highest BCUT2D eigenvalue weighted by Crippen LogP contribution is 2.18. The van der Waals surface area contributed by atoms with Gasteiger partial charge in [0, 0.05) is 36.5 Å². The Morgan fingerprint density at radius 2 is 2.05 bits per heavy atom. The number of rotatable bonds is 7. The number of carbonyl (C=O) groups is 2. The first-order valence-corrected chi connectivity index (χ1v) is 6.80. The molecule has 1 atom stereocenters. The SMILES string of the molecule is O=C(CCc1c[nH]c2ccccc12)NC(CCO)C(=O)O. The molecule has 21 heavy (non-hydrogen) atoms. The number of aryl methyl sites for hydroxylation is 1. The minimum Gasteiger partial charge on any atom is -0.480 e. The zero-order chi connectivity index (χ0) is 15.2. The van der Waals surface area contributed by atoms with Crippen molar-refractivity contribution in [3.63, 3.8) is 0 Å². The molecule has 6 heteroatoms. The lowest BCUT2D eigenvalue weighted by Crippen LogP contribution is -2.41. The van der Waals surface area contributed by atoms with Gasteiger partial charge in [-0.3, -0.25) is 4.79 Å². The third-order valence-corrected chi connectivity index (χ3v) is 3.35. The molecule has 0 bridgehead atoms. The Bertz CT molecular complexity index is 635. The highest BCUT2D eigenvalue weighted by Gasteiger charge is 2.19. The maximum absolute atomic E-state index is 11.8. The fourth-order valence-electron chi connectivity index (χ4n) is 2.24. The molecule has 0 aliphatic carbocycles. The van der Waals surface area contributed by atoms with Crippen LogP contribution in [0.25, 0.3) is 10.9 Å². The standard InChI is InChI=1S/C15H18N2O4/c18-8-7-13(15(20)21)17-14(19)6-5-10-9-16-12-4-2-1-3-11(10)12/h1-4,9,13,16,18H,5-8H2,(H,17,19)(H,20,21). The fraction of sp³-hybridized carbons (Fsp3) is 0.333. The van der Waals surface area contributed by atoms with Crippen LogP contribution in [0.15, 0.2) is 30.5 Å². The normalized spacial score (nSPS) is 12.2. The van der Waals surface area contributed by atoms with E-state index in [0.29, 0.717) is 6.42 Å². The number of carboxylic acids is 1. The number of aromatic amines is 1. The van der Waals surface area contributed by atoms with E-state index in [4.69, 9.17) is 10.2 Å². The van der Waals surface area contributed by atoms with Gasteiger partial charge in [0.25, 0.3) is 0 Å². The molecule has 112 valence electrons. The second-order valence-electron chi connectivity index (χ2n) is 4.83. The number of aliphatic hydroxyl groups excluding tert-OH is 1. The first kappa shape index (κ1) is 15.1. The first-order chi connectivity index (χ1) is 10.1. The molecule has 1 unspecified atom stereocenters. The van der Waals surface area contributed by atoms with Crippen molar-refractivity contribution in [1.82, 2.24) is 10.3 Å². The minimum atomic E-state index is -1.13. The van der Waals surface area contributed by atoms with Gasteiger partial charge >= 0.3 is 5.97 Å². The summed E-state index contributed by atoms with van der Waals surface area (Å²) in [4.78, 5) is 25.8. The number of amides is 1. The van der Waals surface area contributed by atoms with Crippen molar-refractivity contribution in [2.24, 2.45) is 0 Å². The second-order valence-corrected chi connectivity index (χ2v) is 4.83. The fourth-order valence-corrected chi connectivity index (χ4v) is 2.24. The molecule has 1 amide bonds. The second kappa shape index (κ2) is 6.90. The van der Waals surface area contributed by atoms with Gasteiger partial charge < -0.3 is 20.5 Å². The van der Waals surface area contributed by atoms with Crippen LogP contribution in [0.4, 0.5) is 0 Å². The molecule has 4 N–H and O–H groups in total. The third-order valence-electron chi connectivity index (χ3n) is 3.35. The van der Waals surface area contributed by atoms with E-state index in [1.165, 1.54) is 0 Å². The number of para-hydroxylation sites is 1. The largest absolute Gasteiger partial charge is 0.480 e. The molecular weight excluding hydrogens is 272 g/mol. The van der Waals surface area contributed by atoms with Crippen LogP contribution in [0.1, 0.15) is 18.4 Å². The van der Waals surface area contributed by atoms with Crippen LogP contribution in [-0.2, 0) is 16.0 Å². The maximum Gasteiger partial charge on any atom is 0.326 e. The summed E-state index contributed by atoms with van der Waals surface area (Å²) in [5, 5.41) is 21.2. The number of benzene rings is 1. The van der Waals surface area contributed by atoms with E-state index >= 15 is 0 Å². The number of H-pyrrole nitrogens is 1. The molecule has 0 spiro atoms. The number of aliphatic hydroxyl groups is 1. The first-order valence-electron chi connectivity index (χ1n) is 6.80. The number of carbonyl (C=O) groups excluding carboxylic acids is 1. The van der Waals surface area contributed by atoms with Crippen molar-refractivity contribution < 1.29 is 19.8 Å². The van der Waals surface area contributed by atoms with Crippen LogP contribution in [0.2, 0.25) is 0 Å². The summed E-state index contributed by atoms with van der Waals surface area (Å²) in [6.45, 7) is -0.278. The van der Waals surface area contributed by atoms with Gasteiger partial charge in [-0.05, 0) is 18.1 Å². The van der Waals surface area contributed by atoms with Crippen molar-refractivity contribution >= 4 is 22.8 Å². The number of carboxylic acid groups (broad SMARTS) is 1. The lowest BCUT2D eigenvalue weighted by Gasteiger charge is -2.12. The summed E-state index contributed by atoms with van der Waals surface area (Å²) in [5.41, 5.74) is 2.03. The van der Waals surface area contributed by atoms with E-state index in [-0.39, 0.29) is 25.4 Å². The molecule has 0 fully saturated rings. The van der Waals surface area contributed by atoms with Gasteiger partial charge in [0.1, 0.15) is 6.04 Å². The Morgan fingerprint density at radius 1 is 1.29 bits per heavy atom. The van der Waals surface area contributed by atoms with Crippen molar-refractivity contribution in [2.75, 3.05) is 6.61 Å². The smallest absolute Gasteiger partial charge is 0.326 e. The molecular formula is C15H18N2O4. The predicted octanol–water partition coefficient (Wildman–Crippen LogP) is 1.05. The van der Waals surface area contributed by atoms with Crippen LogP contribution in [0.5, 0.6) is 0 Å². The van der Waals surface area contributed by atoms with Crippen molar-refractivity contribution in [2.45, 2.75) is 25.3 Å². The summed E-state index contributed by atoms with van der Waals surface area (Å²) < 4.78 is 0. The van der Waals surface area contributed by atoms with E-state index < -0.39 is 12.0 Å². The third kappa shape index (κ3) is 3.82. The van der Waals surface area contributed by atoms with Crippen LogP contribution in [0, 0.1) is 0 Å². The molecule has 2 aromatic rings. The topological polar surface area (TPSA) is 102 Å². The van der Waals surface area contributed by atoms with E-state index in [0.717, 1.165) is 16.5 Å². The zero-order valence-corrected chi connectivity index (χ0v) is 11.5. The van der Waals surface area contributed by atoms with E-state index in [9.17, 15) is 9.59 Å². The maximum atomic E-state index is 11.8. The van der Waals surface area contributed by atoms with Crippen molar-refractivity contribution in [1.29, 1.82) is 0 Å². The van der Waals surface area contributed by atoms with E-state index in [1.807, 2.05) is 30.5 Å². The molecule has 0 aliphatic heterocycles. The van der Waals surface area contributed by atoms with Gasteiger partial charge in [-0.15, -0.1) is 0 Å². The van der Waals surface area contributed by atoms with E-state index in [1.54, 1.807) is 0 Å². The Hall–Kier alpha value is -2.34. The summed E-state index contributed by atoms with van der Waals surface area (Å²) in [6, 6.07) is 6.76. The molecule has 0 saturated carbocycles. The molecule has 2 rings (SSSR count). The highest BCUT2D eigenvalue weighted by atomic mass is 16.4. The summed E-state index contributed by atoms with van der Waals surface area (Å²) in [5.74, 6) is -1.47. The van der Waals surface area contributed by atoms with Gasteiger partial charge in [0.2, 0.25) is 5.91 Å². The van der Waals surface area contributed by atoms with Gasteiger partial charge in [-0.25, -0.2) is 4.79 Å². The number of fused-ring (bicyclic) bond motifs is 1. The number of nitrogens with one attached hydrogen (secondary N) is 2. The van der Waals surface area contributed by atoms with Crippen molar-refractivity contribution in [3.8, 4) is 0 Å². The molecule has 1 heterocycles. The Kier molecular flexibility index (Phi) is 4.94. The monoisotopic (exact) mass is 290 g/mol. The summed E-state index contributed by atoms with van der Waals surface area (Å²) in [6.07, 6.45) is 2.60. The molecule has 6 nitrogen and oxygen atoms in total. The van der Waals surface area contributed by atoms with Gasteiger partial charge in [-0.1, -0.05) is 18.2 Å². The van der Waals surface area contributed by atoms with Crippen LogP contribution < -0.4 is 5.32 Å². The Morgan fingerprint density at radius 3 is 2.76 bits per heavy atom. The van der Waals surface area contributed by atoms with Crippen molar-refractivity contribution in [3.05, 3.63) is 36.0 Å². The number of aliphatic carboxylic acids is 1. The quantitative estimate of drug-likeness (QED) is 0.612. The molecule has 0 radical (unpaired) electrons. The van der Waals surface area contributed by atoms with Gasteiger partial charge in [0.05, 0.1) is 0 Å². The predicted molar refractivity (Wildman–Crippen MR) is 77.9 cm³/mol. The molecule has 0 saturated heterocycles. The van der Waals surface area contributed by atoms with Gasteiger partial charge in [-0.2, -0.15) is 0 Å². The molecule has 0 aliphatic rings. The molecule has 1 aromatic carbocycles. The van der Waals surface area contributed by atoms with Crippen LogP contribution in [-0.4, -0.2) is 39.7 Å². The zero-order valence-electron chi connectivity index (χ0n) is 11.5. The van der Waals surface area contributed by atoms with Gasteiger partial charge in [0.15, 0.2) is 0 Å². The lowest BCUT2D eigenvalue weighted by atomic mass is 10.1. The number of hydrogen-bond acceptors (Lipinski definition) is 3. The highest BCUT2D eigenvalue weighted by molar-refractivity contribution is 5.85. The Balaban J connectivity index is 1.93.